The van der Waals surface area contributed by atoms with Crippen molar-refractivity contribution in [2.24, 2.45) is 0 Å². The average molecular weight is 263 g/mol. The van der Waals surface area contributed by atoms with Crippen LogP contribution in [0.4, 0.5) is 5.69 Å². The summed E-state index contributed by atoms with van der Waals surface area (Å²) in [5.41, 5.74) is 5.32. The van der Waals surface area contributed by atoms with Crippen molar-refractivity contribution in [2.45, 2.75) is 19.9 Å². The molecule has 0 aliphatic heterocycles. The van der Waals surface area contributed by atoms with Gasteiger partial charge in [0.05, 0.1) is 29.5 Å². The van der Waals surface area contributed by atoms with E-state index < -0.39 is 0 Å². The number of nitrogens with zero attached hydrogens (tertiary/aromatic N) is 2. The first-order valence-corrected chi connectivity index (χ1v) is 6.89. The van der Waals surface area contributed by atoms with E-state index in [9.17, 15) is 0 Å². The first-order valence-electron chi connectivity index (χ1n) is 6.89. The first-order chi connectivity index (χ1) is 9.86. The number of aryl methyl sites for hydroxylation is 1. The highest BCUT2D eigenvalue weighted by Crippen LogP contribution is 2.16. The van der Waals surface area contributed by atoms with Crippen molar-refractivity contribution in [1.29, 1.82) is 0 Å². The number of rotatable bonds is 4. The molecule has 3 aromatic rings. The first kappa shape index (κ1) is 12.6. The molecule has 0 saturated carbocycles. The molecule has 0 unspecified atom stereocenters. The molecule has 0 spiro atoms. The van der Waals surface area contributed by atoms with Gasteiger partial charge in [0.1, 0.15) is 0 Å². The smallest absolute Gasteiger partial charge is 0.0890 e. The Morgan fingerprint density at radius 3 is 2.55 bits per heavy atom. The van der Waals surface area contributed by atoms with Crippen molar-refractivity contribution >= 4 is 16.7 Å². The Labute approximate surface area is 118 Å². The lowest BCUT2D eigenvalue weighted by Crippen LogP contribution is -2.04. The lowest BCUT2D eigenvalue weighted by Gasteiger charge is -2.10. The molecule has 3 nitrogen and oxygen atoms in total. The van der Waals surface area contributed by atoms with Crippen LogP contribution in [0.25, 0.3) is 11.0 Å². The summed E-state index contributed by atoms with van der Waals surface area (Å²) in [6.07, 6.45) is 2.86. The van der Waals surface area contributed by atoms with Crippen LogP contribution < -0.4 is 5.32 Å². The Morgan fingerprint density at radius 1 is 0.950 bits per heavy atom. The summed E-state index contributed by atoms with van der Waals surface area (Å²) < 4.78 is 0. The molecule has 3 rings (SSSR count). The van der Waals surface area contributed by atoms with Crippen molar-refractivity contribution in [3.05, 3.63) is 66.0 Å². The molecule has 100 valence electrons. The van der Waals surface area contributed by atoms with Crippen LogP contribution in [0.3, 0.4) is 0 Å². The van der Waals surface area contributed by atoms with Crippen molar-refractivity contribution in [3.63, 3.8) is 0 Å². The second-order valence-corrected chi connectivity index (χ2v) is 4.71. The van der Waals surface area contributed by atoms with Gasteiger partial charge in [-0.3, -0.25) is 4.98 Å². The van der Waals surface area contributed by atoms with E-state index >= 15 is 0 Å². The van der Waals surface area contributed by atoms with Gasteiger partial charge in [-0.15, -0.1) is 0 Å². The van der Waals surface area contributed by atoms with Gasteiger partial charge >= 0.3 is 0 Å². The highest BCUT2D eigenvalue weighted by molar-refractivity contribution is 5.73. The van der Waals surface area contributed by atoms with Crippen molar-refractivity contribution in [1.82, 2.24) is 9.97 Å². The van der Waals surface area contributed by atoms with E-state index in [1.165, 1.54) is 11.3 Å². The molecule has 2 aromatic carbocycles. The second-order valence-electron chi connectivity index (χ2n) is 4.71. The maximum atomic E-state index is 4.62. The van der Waals surface area contributed by atoms with Crippen LogP contribution in [-0.4, -0.2) is 9.97 Å². The quantitative estimate of drug-likeness (QED) is 0.778. The normalized spacial score (nSPS) is 10.7. The lowest BCUT2D eigenvalue weighted by molar-refractivity contribution is 1.03. The van der Waals surface area contributed by atoms with E-state index in [0.717, 1.165) is 23.1 Å². The molecule has 1 N–H and O–H groups in total. The maximum Gasteiger partial charge on any atom is 0.0890 e. The number of anilines is 1. The molecule has 0 radical (unpaired) electrons. The minimum atomic E-state index is 0.689. The summed E-state index contributed by atoms with van der Waals surface area (Å²) in [7, 11) is 0. The zero-order valence-electron chi connectivity index (χ0n) is 11.5. The van der Waals surface area contributed by atoms with Crippen LogP contribution in [0.5, 0.6) is 0 Å². The van der Waals surface area contributed by atoms with E-state index in [1.807, 2.05) is 36.5 Å². The van der Waals surface area contributed by atoms with Crippen molar-refractivity contribution in [3.8, 4) is 0 Å². The third kappa shape index (κ3) is 2.62. The van der Waals surface area contributed by atoms with Crippen LogP contribution in [0.15, 0.2) is 54.7 Å². The van der Waals surface area contributed by atoms with Crippen LogP contribution in [-0.2, 0) is 13.0 Å². The predicted octanol–water partition coefficient (Wildman–Crippen LogP) is 3.80. The number of fused-ring (bicyclic) bond motifs is 1. The summed E-state index contributed by atoms with van der Waals surface area (Å²) in [5, 5.41) is 3.44. The van der Waals surface area contributed by atoms with Crippen LogP contribution in [0, 0.1) is 0 Å². The fraction of sp³-hybridized carbons (Fsp3) is 0.176. The molecule has 0 bridgehead atoms. The molecular weight excluding hydrogens is 246 g/mol. The number of aromatic nitrogens is 2. The Kier molecular flexibility index (Phi) is 3.59. The number of benzene rings is 2. The SMILES string of the molecule is CCc1ccccc1NCc1cnc2ccccc2n1. The molecule has 1 aromatic heterocycles. The third-order valence-electron chi connectivity index (χ3n) is 3.36. The summed E-state index contributed by atoms with van der Waals surface area (Å²) in [6, 6.07) is 16.3. The van der Waals surface area contributed by atoms with Crippen LogP contribution in [0.1, 0.15) is 18.2 Å². The van der Waals surface area contributed by atoms with Crippen LogP contribution >= 0.6 is 0 Å². The molecule has 3 heteroatoms. The second kappa shape index (κ2) is 5.70. The topological polar surface area (TPSA) is 37.8 Å². The van der Waals surface area contributed by atoms with E-state index in [4.69, 9.17) is 0 Å². The Balaban J connectivity index is 1.79. The van der Waals surface area contributed by atoms with Gasteiger partial charge in [-0.2, -0.15) is 0 Å². The van der Waals surface area contributed by atoms with Gasteiger partial charge in [0.15, 0.2) is 0 Å². The fourth-order valence-electron chi connectivity index (χ4n) is 2.27. The largest absolute Gasteiger partial charge is 0.379 e. The van der Waals surface area contributed by atoms with Crippen LogP contribution in [0.2, 0.25) is 0 Å². The lowest BCUT2D eigenvalue weighted by atomic mass is 10.1. The number of para-hydroxylation sites is 3. The standard InChI is InChI=1S/C17H17N3/c1-2-13-7-3-4-8-15(13)18-11-14-12-19-16-9-5-6-10-17(16)20-14/h3-10,12,18H,2,11H2,1H3. The van der Waals surface area contributed by atoms with Gasteiger partial charge in [0.25, 0.3) is 0 Å². The molecule has 0 saturated heterocycles. The summed E-state index contributed by atoms with van der Waals surface area (Å²) in [4.78, 5) is 9.05. The number of hydrogen-bond donors (Lipinski definition) is 1. The monoisotopic (exact) mass is 263 g/mol. The van der Waals surface area contributed by atoms with E-state index in [-0.39, 0.29) is 0 Å². The summed E-state index contributed by atoms with van der Waals surface area (Å²) in [5.74, 6) is 0. The van der Waals surface area contributed by atoms with E-state index in [0.29, 0.717) is 6.54 Å². The van der Waals surface area contributed by atoms with E-state index in [2.05, 4.69) is 40.4 Å². The molecule has 20 heavy (non-hydrogen) atoms. The zero-order chi connectivity index (χ0) is 13.8. The van der Waals surface area contributed by atoms with E-state index in [1.54, 1.807) is 0 Å². The number of hydrogen-bond acceptors (Lipinski definition) is 3. The fourth-order valence-corrected chi connectivity index (χ4v) is 2.27. The van der Waals surface area contributed by atoms with Crippen molar-refractivity contribution in [2.75, 3.05) is 5.32 Å². The highest BCUT2D eigenvalue weighted by atomic mass is 14.9. The molecule has 1 heterocycles. The average Bonchev–Trinajstić information content (AvgIpc) is 2.53. The van der Waals surface area contributed by atoms with Gasteiger partial charge in [-0.05, 0) is 30.2 Å². The minimum Gasteiger partial charge on any atom is -0.379 e. The van der Waals surface area contributed by atoms with Gasteiger partial charge in [0, 0.05) is 5.69 Å². The third-order valence-corrected chi connectivity index (χ3v) is 3.36. The summed E-state index contributed by atoms with van der Waals surface area (Å²) in [6.45, 7) is 2.85. The molecule has 0 atom stereocenters. The highest BCUT2D eigenvalue weighted by Gasteiger charge is 2.02. The molecule has 0 fully saturated rings. The Hall–Kier alpha value is -2.42. The maximum absolute atomic E-state index is 4.62. The van der Waals surface area contributed by atoms with Gasteiger partial charge in [-0.1, -0.05) is 37.3 Å². The van der Waals surface area contributed by atoms with Gasteiger partial charge in [-0.25, -0.2) is 4.98 Å². The number of nitrogens with one attached hydrogen (secondary N) is 1. The molecule has 0 aliphatic carbocycles. The summed E-state index contributed by atoms with van der Waals surface area (Å²) >= 11 is 0. The predicted molar refractivity (Wildman–Crippen MR) is 82.7 cm³/mol. The van der Waals surface area contributed by atoms with Crippen molar-refractivity contribution < 1.29 is 0 Å². The van der Waals surface area contributed by atoms with Gasteiger partial charge < -0.3 is 5.32 Å². The minimum absolute atomic E-state index is 0.689. The Bertz CT molecular complexity index is 722. The Morgan fingerprint density at radius 2 is 1.70 bits per heavy atom. The van der Waals surface area contributed by atoms with Gasteiger partial charge in [0.2, 0.25) is 0 Å². The molecular formula is C17H17N3. The molecule has 0 aliphatic rings. The zero-order valence-corrected chi connectivity index (χ0v) is 11.5. The molecule has 0 amide bonds.